The van der Waals surface area contributed by atoms with E-state index in [0.29, 0.717) is 6.04 Å². The van der Waals surface area contributed by atoms with Crippen LogP contribution in [0.4, 0.5) is 11.6 Å². The molecule has 0 aromatic carbocycles. The molecule has 2 aliphatic rings. The van der Waals surface area contributed by atoms with E-state index in [2.05, 4.69) is 38.9 Å². The molecule has 0 aliphatic carbocycles. The molecule has 0 radical (unpaired) electrons. The van der Waals surface area contributed by atoms with Crippen molar-refractivity contribution in [2.24, 2.45) is 0 Å². The maximum Gasteiger partial charge on any atom is 0.137 e. The normalized spacial score (nSPS) is 23.0. The van der Waals surface area contributed by atoms with Crippen molar-refractivity contribution < 1.29 is 0 Å². The van der Waals surface area contributed by atoms with Crippen molar-refractivity contribution >= 4 is 11.6 Å². The highest BCUT2D eigenvalue weighted by atomic mass is 15.3. The van der Waals surface area contributed by atoms with Crippen LogP contribution in [0.25, 0.3) is 0 Å². The van der Waals surface area contributed by atoms with Gasteiger partial charge < -0.3 is 10.2 Å². The Morgan fingerprint density at radius 3 is 3.00 bits per heavy atom. The zero-order chi connectivity index (χ0) is 14.7. The van der Waals surface area contributed by atoms with Gasteiger partial charge >= 0.3 is 0 Å². The molecule has 1 unspecified atom stereocenters. The van der Waals surface area contributed by atoms with Crippen molar-refractivity contribution in [2.75, 3.05) is 42.9 Å². The van der Waals surface area contributed by atoms with Crippen molar-refractivity contribution in [2.45, 2.75) is 45.6 Å². The lowest BCUT2D eigenvalue weighted by atomic mass is 9.99. The second-order valence-corrected chi connectivity index (χ2v) is 6.23. The Kier molecular flexibility index (Phi) is 4.58. The van der Waals surface area contributed by atoms with Crippen molar-refractivity contribution in [1.82, 2.24) is 14.9 Å². The van der Waals surface area contributed by atoms with Crippen LogP contribution in [-0.2, 0) is 0 Å². The standard InChI is InChI=1S/C16H27N5/c1-3-7-17-15-13(2)16(19-12-18-15)21-10-9-20-8-5-4-6-14(20)11-21/h12,14H,3-11H2,1-2H3,(H,17,18,19). The summed E-state index contributed by atoms with van der Waals surface area (Å²) in [6.07, 6.45) is 6.89. The summed E-state index contributed by atoms with van der Waals surface area (Å²) >= 11 is 0. The summed E-state index contributed by atoms with van der Waals surface area (Å²) in [6, 6.07) is 0.717. The van der Waals surface area contributed by atoms with Gasteiger partial charge in [-0.2, -0.15) is 0 Å². The number of hydrogen-bond donors (Lipinski definition) is 1. The van der Waals surface area contributed by atoms with Gasteiger partial charge in [-0.15, -0.1) is 0 Å². The van der Waals surface area contributed by atoms with Gasteiger partial charge in [0.15, 0.2) is 0 Å². The monoisotopic (exact) mass is 289 g/mol. The van der Waals surface area contributed by atoms with Gasteiger partial charge in [0.1, 0.15) is 18.0 Å². The fourth-order valence-corrected chi connectivity index (χ4v) is 3.53. The third-order valence-corrected chi connectivity index (χ3v) is 4.74. The lowest BCUT2D eigenvalue weighted by Crippen LogP contribution is -2.55. The molecule has 0 spiro atoms. The summed E-state index contributed by atoms with van der Waals surface area (Å²) in [5.74, 6) is 2.11. The lowest BCUT2D eigenvalue weighted by Gasteiger charge is -2.44. The predicted molar refractivity (Wildman–Crippen MR) is 87.0 cm³/mol. The van der Waals surface area contributed by atoms with Crippen LogP contribution in [0.5, 0.6) is 0 Å². The largest absolute Gasteiger partial charge is 0.370 e. The molecule has 21 heavy (non-hydrogen) atoms. The Bertz CT molecular complexity index is 476. The third kappa shape index (κ3) is 3.12. The van der Waals surface area contributed by atoms with Crippen LogP contribution >= 0.6 is 0 Å². The molecule has 0 bridgehead atoms. The lowest BCUT2D eigenvalue weighted by molar-refractivity contribution is 0.133. The van der Waals surface area contributed by atoms with E-state index in [0.717, 1.165) is 37.7 Å². The molecule has 0 saturated carbocycles. The van der Waals surface area contributed by atoms with Crippen LogP contribution in [0.2, 0.25) is 0 Å². The minimum Gasteiger partial charge on any atom is -0.370 e. The van der Waals surface area contributed by atoms with Gasteiger partial charge in [-0.05, 0) is 32.7 Å². The van der Waals surface area contributed by atoms with E-state index in [1.807, 2.05) is 0 Å². The number of anilines is 2. The predicted octanol–water partition coefficient (Wildman–Crippen LogP) is 2.28. The molecular formula is C16H27N5. The number of nitrogens with one attached hydrogen (secondary N) is 1. The number of fused-ring (bicyclic) bond motifs is 1. The van der Waals surface area contributed by atoms with Crippen LogP contribution in [-0.4, -0.2) is 53.6 Å². The maximum absolute atomic E-state index is 4.56. The number of nitrogens with zero attached hydrogens (tertiary/aromatic N) is 4. The Morgan fingerprint density at radius 2 is 2.14 bits per heavy atom. The van der Waals surface area contributed by atoms with Crippen LogP contribution in [0, 0.1) is 6.92 Å². The first kappa shape index (κ1) is 14.6. The minimum absolute atomic E-state index is 0.717. The highest BCUT2D eigenvalue weighted by molar-refractivity contribution is 5.58. The van der Waals surface area contributed by atoms with Gasteiger partial charge in [0, 0.05) is 37.8 Å². The summed E-state index contributed by atoms with van der Waals surface area (Å²) in [5, 5.41) is 3.41. The summed E-state index contributed by atoms with van der Waals surface area (Å²) in [6.45, 7) is 9.93. The summed E-state index contributed by atoms with van der Waals surface area (Å²) in [4.78, 5) is 14.1. The van der Waals surface area contributed by atoms with Crippen LogP contribution in [0.1, 0.15) is 38.2 Å². The molecule has 2 saturated heterocycles. The number of aromatic nitrogens is 2. The second-order valence-electron chi connectivity index (χ2n) is 6.23. The summed E-state index contributed by atoms with van der Waals surface area (Å²) in [7, 11) is 0. The van der Waals surface area contributed by atoms with Gasteiger partial charge in [0.2, 0.25) is 0 Å². The van der Waals surface area contributed by atoms with Crippen LogP contribution in [0.3, 0.4) is 0 Å². The molecule has 1 aromatic rings. The number of piperidine rings is 1. The average molecular weight is 289 g/mol. The molecule has 1 aromatic heterocycles. The van der Waals surface area contributed by atoms with Gasteiger partial charge in [0.05, 0.1) is 0 Å². The van der Waals surface area contributed by atoms with E-state index in [4.69, 9.17) is 0 Å². The first-order chi connectivity index (χ1) is 10.3. The van der Waals surface area contributed by atoms with E-state index in [9.17, 15) is 0 Å². The Balaban J connectivity index is 1.74. The van der Waals surface area contributed by atoms with Gasteiger partial charge in [0.25, 0.3) is 0 Å². The first-order valence-electron chi connectivity index (χ1n) is 8.34. The molecule has 2 aliphatic heterocycles. The smallest absolute Gasteiger partial charge is 0.137 e. The third-order valence-electron chi connectivity index (χ3n) is 4.74. The first-order valence-corrected chi connectivity index (χ1v) is 8.34. The molecule has 3 rings (SSSR count). The van der Waals surface area contributed by atoms with Crippen molar-refractivity contribution in [1.29, 1.82) is 0 Å². The number of piperazine rings is 1. The minimum atomic E-state index is 0.717. The molecule has 5 nitrogen and oxygen atoms in total. The highest BCUT2D eigenvalue weighted by Crippen LogP contribution is 2.27. The summed E-state index contributed by atoms with van der Waals surface area (Å²) < 4.78 is 0. The average Bonchev–Trinajstić information content (AvgIpc) is 2.53. The number of rotatable bonds is 4. The van der Waals surface area contributed by atoms with E-state index >= 15 is 0 Å². The molecule has 1 N–H and O–H groups in total. The molecule has 0 amide bonds. The molecule has 3 heterocycles. The fraction of sp³-hybridized carbons (Fsp3) is 0.750. The van der Waals surface area contributed by atoms with E-state index in [1.54, 1.807) is 6.33 Å². The van der Waals surface area contributed by atoms with E-state index in [1.165, 1.54) is 37.9 Å². The van der Waals surface area contributed by atoms with Crippen LogP contribution < -0.4 is 10.2 Å². The van der Waals surface area contributed by atoms with E-state index in [-0.39, 0.29) is 0 Å². The zero-order valence-electron chi connectivity index (χ0n) is 13.3. The molecule has 5 heteroatoms. The highest BCUT2D eigenvalue weighted by Gasteiger charge is 2.30. The van der Waals surface area contributed by atoms with Gasteiger partial charge in [-0.25, -0.2) is 9.97 Å². The maximum atomic E-state index is 4.56. The fourth-order valence-electron chi connectivity index (χ4n) is 3.53. The zero-order valence-corrected chi connectivity index (χ0v) is 13.3. The molecular weight excluding hydrogens is 262 g/mol. The van der Waals surface area contributed by atoms with Gasteiger partial charge in [-0.3, -0.25) is 4.90 Å². The number of hydrogen-bond acceptors (Lipinski definition) is 5. The Morgan fingerprint density at radius 1 is 1.24 bits per heavy atom. The van der Waals surface area contributed by atoms with Crippen molar-refractivity contribution in [3.05, 3.63) is 11.9 Å². The molecule has 2 fully saturated rings. The van der Waals surface area contributed by atoms with Crippen molar-refractivity contribution in [3.63, 3.8) is 0 Å². The van der Waals surface area contributed by atoms with Crippen LogP contribution in [0.15, 0.2) is 6.33 Å². The molecule has 1 atom stereocenters. The Labute approximate surface area is 127 Å². The summed E-state index contributed by atoms with van der Waals surface area (Å²) in [5.41, 5.74) is 1.19. The van der Waals surface area contributed by atoms with Crippen molar-refractivity contribution in [3.8, 4) is 0 Å². The molecule has 116 valence electrons. The second kappa shape index (κ2) is 6.60. The van der Waals surface area contributed by atoms with E-state index < -0.39 is 0 Å². The quantitative estimate of drug-likeness (QED) is 0.921. The van der Waals surface area contributed by atoms with Gasteiger partial charge in [-0.1, -0.05) is 13.3 Å². The SMILES string of the molecule is CCCNc1ncnc(N2CCN3CCCCC3C2)c1C. The Hall–Kier alpha value is -1.36. The topological polar surface area (TPSA) is 44.3 Å².